The maximum atomic E-state index is 12.9. The van der Waals surface area contributed by atoms with Crippen LogP contribution in [0.4, 0.5) is 0 Å². The lowest BCUT2D eigenvalue weighted by molar-refractivity contribution is 0.318. The molecule has 11 nitrogen and oxygen atoms in total. The molecule has 0 atom stereocenters. The first-order valence-corrected chi connectivity index (χ1v) is 11.9. The summed E-state index contributed by atoms with van der Waals surface area (Å²) in [5.74, 6) is 3.04. The van der Waals surface area contributed by atoms with Crippen LogP contribution in [0.2, 0.25) is 0 Å². The summed E-state index contributed by atoms with van der Waals surface area (Å²) in [5, 5.41) is 7.90. The van der Waals surface area contributed by atoms with Crippen molar-refractivity contribution >= 4 is 26.8 Å². The van der Waals surface area contributed by atoms with Gasteiger partial charge in [0.2, 0.25) is 10.0 Å². The lowest BCUT2D eigenvalue weighted by atomic mass is 10.2. The lowest BCUT2D eigenvalue weighted by Gasteiger charge is -2.12. The van der Waals surface area contributed by atoms with Gasteiger partial charge >= 0.3 is 5.69 Å². The molecule has 4 rings (SSSR count). The number of terminal acetylenes is 1. The molecular weight excluding hydrogens is 446 g/mol. The third-order valence-electron chi connectivity index (χ3n) is 4.94. The van der Waals surface area contributed by atoms with Gasteiger partial charge in [-0.25, -0.2) is 22.6 Å². The summed E-state index contributed by atoms with van der Waals surface area (Å²) in [6.45, 7) is 4.66. The molecule has 0 radical (unpaired) electrons. The molecule has 0 unspecified atom stereocenters. The number of rotatable bonds is 9. The van der Waals surface area contributed by atoms with E-state index in [1.54, 1.807) is 6.07 Å². The summed E-state index contributed by atoms with van der Waals surface area (Å²) in [7, 11) is -3.84. The number of nitrogens with one attached hydrogen (secondary N) is 2. The number of benzene rings is 1. The van der Waals surface area contributed by atoms with Crippen LogP contribution in [0.15, 0.2) is 34.2 Å². The molecule has 2 N–H and O–H groups in total. The second-order valence-corrected chi connectivity index (χ2v) is 9.04. The van der Waals surface area contributed by atoms with E-state index in [2.05, 4.69) is 30.8 Å². The first-order chi connectivity index (χ1) is 15.9. The van der Waals surface area contributed by atoms with Gasteiger partial charge in [0, 0.05) is 6.54 Å². The van der Waals surface area contributed by atoms with Crippen molar-refractivity contribution < 1.29 is 13.2 Å². The largest absolute Gasteiger partial charge is 0.493 e. The Labute approximate surface area is 189 Å². The Balaban J connectivity index is 1.96. The maximum absolute atomic E-state index is 12.9. The van der Waals surface area contributed by atoms with Crippen molar-refractivity contribution in [3.05, 3.63) is 35.0 Å². The highest BCUT2D eigenvalue weighted by Gasteiger charge is 2.21. The van der Waals surface area contributed by atoms with Crippen molar-refractivity contribution in [3.63, 3.8) is 0 Å². The summed E-state index contributed by atoms with van der Waals surface area (Å²) < 4.78 is 36.4. The summed E-state index contributed by atoms with van der Waals surface area (Å²) in [4.78, 5) is 20.7. The van der Waals surface area contributed by atoms with Gasteiger partial charge in [-0.15, -0.1) is 16.6 Å². The molecule has 0 bridgehead atoms. The minimum Gasteiger partial charge on any atom is -0.493 e. The Morgan fingerprint density at radius 1 is 1.24 bits per heavy atom. The number of imidazole rings is 1. The molecule has 0 fully saturated rings. The number of fused-ring (bicyclic) bond motifs is 3. The van der Waals surface area contributed by atoms with E-state index in [1.165, 1.54) is 27.4 Å². The first kappa shape index (κ1) is 22.5. The molecule has 12 heteroatoms. The van der Waals surface area contributed by atoms with E-state index in [0.29, 0.717) is 53.5 Å². The normalized spacial score (nSPS) is 11.8. The van der Waals surface area contributed by atoms with Crippen LogP contribution in [-0.2, 0) is 16.6 Å². The number of aromatic amines is 1. The lowest BCUT2D eigenvalue weighted by Crippen LogP contribution is -2.26. The fourth-order valence-corrected chi connectivity index (χ4v) is 4.41. The van der Waals surface area contributed by atoms with Crippen LogP contribution in [0.5, 0.6) is 5.75 Å². The Hall–Kier alpha value is -3.69. The second-order valence-electron chi connectivity index (χ2n) is 7.28. The standard InChI is InChI=1S/C21H23N7O4S/c1-4-9-23-33(30,31)14-7-8-16(32-11-6-3)15(12-14)18-24-17-19(25-18)27(10-5-2)21(29)28-13-22-26-20(17)28/h1,7-8,12-13,23H,5-6,9-11H2,2-3H3,(H,24,25). The van der Waals surface area contributed by atoms with E-state index < -0.39 is 10.0 Å². The highest BCUT2D eigenvalue weighted by Crippen LogP contribution is 2.32. The van der Waals surface area contributed by atoms with E-state index in [4.69, 9.17) is 11.2 Å². The van der Waals surface area contributed by atoms with Gasteiger partial charge in [-0.05, 0) is 31.0 Å². The number of nitrogens with zero attached hydrogens (tertiary/aromatic N) is 5. The summed E-state index contributed by atoms with van der Waals surface area (Å²) in [6.07, 6.45) is 8.02. The van der Waals surface area contributed by atoms with Gasteiger partial charge in [0.25, 0.3) is 0 Å². The Morgan fingerprint density at radius 2 is 2.06 bits per heavy atom. The monoisotopic (exact) mass is 469 g/mol. The summed E-state index contributed by atoms with van der Waals surface area (Å²) >= 11 is 0. The smallest absolute Gasteiger partial charge is 0.336 e. The van der Waals surface area contributed by atoms with Gasteiger partial charge in [-0.3, -0.25) is 4.57 Å². The summed E-state index contributed by atoms with van der Waals surface area (Å²) in [6, 6.07) is 4.49. The number of sulfonamides is 1. The number of H-pyrrole nitrogens is 1. The fourth-order valence-electron chi connectivity index (χ4n) is 3.45. The Morgan fingerprint density at radius 3 is 2.79 bits per heavy atom. The molecular formula is C21H23N7O4S. The third-order valence-corrected chi connectivity index (χ3v) is 6.34. The molecule has 0 aliphatic carbocycles. The minimum absolute atomic E-state index is 0.00984. The summed E-state index contributed by atoms with van der Waals surface area (Å²) in [5.41, 5.74) is 1.36. The maximum Gasteiger partial charge on any atom is 0.336 e. The van der Waals surface area contributed by atoms with Crippen LogP contribution in [0, 0.1) is 12.3 Å². The molecule has 4 aromatic rings. The molecule has 172 valence electrons. The van der Waals surface area contributed by atoms with Gasteiger partial charge < -0.3 is 9.72 Å². The van der Waals surface area contributed by atoms with E-state index in [9.17, 15) is 13.2 Å². The number of aromatic nitrogens is 6. The molecule has 33 heavy (non-hydrogen) atoms. The molecule has 1 aromatic carbocycles. The van der Waals surface area contributed by atoms with Crippen LogP contribution in [0.25, 0.3) is 28.2 Å². The van der Waals surface area contributed by atoms with E-state index in [1.807, 2.05) is 13.8 Å². The number of ether oxygens (including phenoxy) is 1. The van der Waals surface area contributed by atoms with Gasteiger partial charge in [-0.2, -0.15) is 4.72 Å². The third kappa shape index (κ3) is 4.08. The molecule has 3 heterocycles. The van der Waals surface area contributed by atoms with E-state index in [-0.39, 0.29) is 17.1 Å². The van der Waals surface area contributed by atoms with E-state index >= 15 is 0 Å². The van der Waals surface area contributed by atoms with Gasteiger partial charge in [0.1, 0.15) is 23.4 Å². The Bertz CT molecular complexity index is 1530. The van der Waals surface area contributed by atoms with Crippen molar-refractivity contribution in [3.8, 4) is 29.5 Å². The second kappa shape index (κ2) is 9.05. The number of aryl methyl sites for hydroxylation is 1. The number of hydrogen-bond donors (Lipinski definition) is 2. The van der Waals surface area contributed by atoms with Gasteiger partial charge in [0.15, 0.2) is 11.3 Å². The average molecular weight is 470 g/mol. The van der Waals surface area contributed by atoms with Gasteiger partial charge in [-0.1, -0.05) is 19.8 Å². The van der Waals surface area contributed by atoms with E-state index in [0.717, 1.165) is 6.42 Å². The first-order valence-electron chi connectivity index (χ1n) is 10.4. The predicted octanol–water partition coefficient (Wildman–Crippen LogP) is 1.54. The quantitative estimate of drug-likeness (QED) is 0.355. The molecule has 0 aliphatic rings. The molecule has 3 aromatic heterocycles. The average Bonchev–Trinajstić information content (AvgIpc) is 3.46. The SMILES string of the molecule is C#CCNS(=O)(=O)c1ccc(OCCC)c(-c2nc3c([nH]2)c2nncn2c(=O)n3CCC)c1. The van der Waals surface area contributed by atoms with Crippen molar-refractivity contribution in [1.82, 2.24) is 33.9 Å². The minimum atomic E-state index is -3.84. The van der Waals surface area contributed by atoms with Crippen molar-refractivity contribution in [2.75, 3.05) is 13.2 Å². The van der Waals surface area contributed by atoms with Crippen molar-refractivity contribution in [1.29, 1.82) is 0 Å². The predicted molar refractivity (Wildman–Crippen MR) is 122 cm³/mol. The zero-order chi connectivity index (χ0) is 23.6. The zero-order valence-electron chi connectivity index (χ0n) is 18.2. The molecule has 0 saturated heterocycles. The van der Waals surface area contributed by atoms with Crippen LogP contribution in [0.3, 0.4) is 0 Å². The zero-order valence-corrected chi connectivity index (χ0v) is 19.0. The highest BCUT2D eigenvalue weighted by molar-refractivity contribution is 7.89. The molecule has 0 saturated carbocycles. The van der Waals surface area contributed by atoms with Crippen molar-refractivity contribution in [2.45, 2.75) is 38.1 Å². The van der Waals surface area contributed by atoms with Crippen LogP contribution >= 0.6 is 0 Å². The molecule has 0 amide bonds. The van der Waals surface area contributed by atoms with Gasteiger partial charge in [0.05, 0.1) is 23.6 Å². The van der Waals surface area contributed by atoms with Crippen molar-refractivity contribution in [2.24, 2.45) is 0 Å². The number of hydrogen-bond acceptors (Lipinski definition) is 7. The molecule has 0 aliphatic heterocycles. The molecule has 0 spiro atoms. The Kier molecular flexibility index (Phi) is 6.17. The fraction of sp³-hybridized carbons (Fsp3) is 0.333. The highest BCUT2D eigenvalue weighted by atomic mass is 32.2. The topological polar surface area (TPSA) is 136 Å². The van der Waals surface area contributed by atoms with Crippen LogP contribution < -0.4 is 15.1 Å². The van der Waals surface area contributed by atoms with Crippen LogP contribution in [0.1, 0.15) is 26.7 Å². The van der Waals surface area contributed by atoms with Crippen LogP contribution in [-0.4, -0.2) is 50.7 Å².